The number of nitrogens with one attached hydrogen (secondary N) is 1. The van der Waals surface area contributed by atoms with E-state index in [1.54, 1.807) is 0 Å². The van der Waals surface area contributed by atoms with E-state index >= 15 is 0 Å². The molecule has 0 saturated heterocycles. The van der Waals surface area contributed by atoms with Gasteiger partial charge in [0.1, 0.15) is 0 Å². The third kappa shape index (κ3) is 11.4. The van der Waals surface area contributed by atoms with Gasteiger partial charge in [0, 0.05) is 21.7 Å². The van der Waals surface area contributed by atoms with Crippen molar-refractivity contribution in [2.75, 3.05) is 0 Å². The van der Waals surface area contributed by atoms with Crippen molar-refractivity contribution in [1.82, 2.24) is 5.64 Å². The van der Waals surface area contributed by atoms with Crippen LogP contribution in [0.1, 0.15) is 27.7 Å². The largest absolute Gasteiger partial charge is 0.274 e. The quantitative estimate of drug-likeness (QED) is 0.523. The standard InChI is InChI=1S/C6H15NO2.Ti/c1-5(2)8-7-9-6(3)4;/h5-7H,1-4H3;. The van der Waals surface area contributed by atoms with Crippen LogP contribution in [0.15, 0.2) is 0 Å². The topological polar surface area (TPSA) is 30.5 Å². The summed E-state index contributed by atoms with van der Waals surface area (Å²) >= 11 is 0. The zero-order valence-corrected chi connectivity index (χ0v) is 8.53. The average molecular weight is 181 g/mol. The van der Waals surface area contributed by atoms with Crippen LogP contribution in [-0.2, 0) is 31.4 Å². The summed E-state index contributed by atoms with van der Waals surface area (Å²) < 4.78 is 0. The van der Waals surface area contributed by atoms with Gasteiger partial charge >= 0.3 is 0 Å². The first-order valence-corrected chi connectivity index (χ1v) is 3.19. The molecule has 0 aromatic carbocycles. The Morgan fingerprint density at radius 1 is 0.900 bits per heavy atom. The van der Waals surface area contributed by atoms with Gasteiger partial charge in [-0.25, -0.2) is 0 Å². The van der Waals surface area contributed by atoms with Crippen molar-refractivity contribution in [1.29, 1.82) is 0 Å². The molecular formula is C6H15NO2Ti. The van der Waals surface area contributed by atoms with Crippen LogP contribution in [0.25, 0.3) is 0 Å². The van der Waals surface area contributed by atoms with Crippen LogP contribution in [0, 0.1) is 0 Å². The summed E-state index contributed by atoms with van der Waals surface area (Å²) in [5, 5.41) is 0. The normalized spacial score (nSPS) is 10.2. The molecule has 4 heteroatoms. The molecule has 3 nitrogen and oxygen atoms in total. The van der Waals surface area contributed by atoms with Gasteiger partial charge in [-0.2, -0.15) is 0 Å². The van der Waals surface area contributed by atoms with Gasteiger partial charge in [-0.1, -0.05) is 5.64 Å². The molecule has 0 amide bonds. The van der Waals surface area contributed by atoms with Crippen LogP contribution in [-0.4, -0.2) is 12.2 Å². The summed E-state index contributed by atoms with van der Waals surface area (Å²) in [6.07, 6.45) is 0.312. The second-order valence-electron chi connectivity index (χ2n) is 2.42. The fraction of sp³-hybridized carbons (Fsp3) is 1.00. The predicted octanol–water partition coefficient (Wildman–Crippen LogP) is 1.25. The van der Waals surface area contributed by atoms with E-state index < -0.39 is 0 Å². The maximum absolute atomic E-state index is 4.88. The van der Waals surface area contributed by atoms with Gasteiger partial charge in [-0.3, -0.25) is 9.68 Å². The Hall–Kier alpha value is 0.594. The van der Waals surface area contributed by atoms with Crippen molar-refractivity contribution in [3.8, 4) is 0 Å². The second-order valence-corrected chi connectivity index (χ2v) is 2.42. The van der Waals surface area contributed by atoms with E-state index in [0.29, 0.717) is 0 Å². The molecule has 0 aliphatic rings. The van der Waals surface area contributed by atoms with Gasteiger partial charge in [-0.15, -0.1) is 0 Å². The summed E-state index contributed by atoms with van der Waals surface area (Å²) in [7, 11) is 0. The molecule has 10 heavy (non-hydrogen) atoms. The molecule has 0 fully saturated rings. The minimum Gasteiger partial charge on any atom is -0.274 e. The monoisotopic (exact) mass is 181 g/mol. The average Bonchev–Trinajstić information content (AvgIpc) is 1.63. The maximum Gasteiger partial charge on any atom is 0.0761 e. The fourth-order valence-electron chi connectivity index (χ4n) is 0.220. The summed E-state index contributed by atoms with van der Waals surface area (Å²) in [5.41, 5.74) is 2.38. The van der Waals surface area contributed by atoms with Crippen molar-refractivity contribution >= 4 is 0 Å². The van der Waals surface area contributed by atoms with Crippen LogP contribution in [0.4, 0.5) is 0 Å². The number of hydrogen-bond acceptors (Lipinski definition) is 3. The van der Waals surface area contributed by atoms with Crippen molar-refractivity contribution < 1.29 is 31.4 Å². The van der Waals surface area contributed by atoms with Gasteiger partial charge in [-0.05, 0) is 27.7 Å². The molecule has 0 aliphatic heterocycles. The molecule has 0 aromatic heterocycles. The van der Waals surface area contributed by atoms with E-state index in [2.05, 4.69) is 5.64 Å². The Labute approximate surface area is 77.3 Å². The molecule has 0 unspecified atom stereocenters. The molecule has 60 valence electrons. The third-order valence-electron chi connectivity index (χ3n) is 0.568. The van der Waals surface area contributed by atoms with Crippen LogP contribution < -0.4 is 5.64 Å². The zero-order chi connectivity index (χ0) is 7.28. The molecule has 0 spiro atoms. The summed E-state index contributed by atoms with van der Waals surface area (Å²) in [6.45, 7) is 7.71. The smallest absolute Gasteiger partial charge is 0.0761 e. The minimum absolute atomic E-state index is 0. The molecule has 0 saturated carbocycles. The number of hydrogen-bond donors (Lipinski definition) is 1. The second kappa shape index (κ2) is 7.70. The van der Waals surface area contributed by atoms with Crippen molar-refractivity contribution in [2.45, 2.75) is 39.9 Å². The number of rotatable bonds is 4. The molecule has 0 aromatic rings. The van der Waals surface area contributed by atoms with E-state index in [0.717, 1.165) is 0 Å². The van der Waals surface area contributed by atoms with Gasteiger partial charge in [0.05, 0.1) is 12.2 Å². The molecule has 0 aliphatic carbocycles. The molecule has 0 atom stereocenters. The summed E-state index contributed by atoms with van der Waals surface area (Å²) in [6, 6.07) is 0. The molecule has 0 heterocycles. The Balaban J connectivity index is 0. The molecule has 1 N–H and O–H groups in total. The van der Waals surface area contributed by atoms with Gasteiger partial charge in [0.25, 0.3) is 0 Å². The zero-order valence-electron chi connectivity index (χ0n) is 6.97. The predicted molar refractivity (Wildman–Crippen MR) is 35.6 cm³/mol. The Bertz CT molecular complexity index is 60.8. The minimum atomic E-state index is 0. The van der Waals surface area contributed by atoms with Crippen LogP contribution in [0.5, 0.6) is 0 Å². The van der Waals surface area contributed by atoms with Gasteiger partial charge in [0.15, 0.2) is 0 Å². The Morgan fingerprint density at radius 2 is 1.20 bits per heavy atom. The first-order valence-electron chi connectivity index (χ1n) is 3.19. The van der Waals surface area contributed by atoms with Gasteiger partial charge < -0.3 is 0 Å². The fourth-order valence-corrected chi connectivity index (χ4v) is 0.220. The first kappa shape index (κ1) is 13.2. The molecule has 0 rings (SSSR count). The molecule has 0 bridgehead atoms. The SMILES string of the molecule is CC(C)ONOC(C)C.[Ti]. The Morgan fingerprint density at radius 3 is 1.40 bits per heavy atom. The maximum atomic E-state index is 4.88. The van der Waals surface area contributed by atoms with E-state index in [1.165, 1.54) is 0 Å². The summed E-state index contributed by atoms with van der Waals surface area (Å²) in [5.74, 6) is 0. The van der Waals surface area contributed by atoms with Crippen LogP contribution in [0.3, 0.4) is 0 Å². The van der Waals surface area contributed by atoms with E-state index in [-0.39, 0.29) is 33.9 Å². The third-order valence-corrected chi connectivity index (χ3v) is 0.568. The molecular weight excluding hydrogens is 166 g/mol. The van der Waals surface area contributed by atoms with E-state index in [4.69, 9.17) is 9.68 Å². The van der Waals surface area contributed by atoms with E-state index in [1.807, 2.05) is 27.7 Å². The van der Waals surface area contributed by atoms with Crippen LogP contribution in [0.2, 0.25) is 0 Å². The van der Waals surface area contributed by atoms with E-state index in [9.17, 15) is 0 Å². The van der Waals surface area contributed by atoms with Crippen molar-refractivity contribution in [2.24, 2.45) is 0 Å². The van der Waals surface area contributed by atoms with Crippen molar-refractivity contribution in [3.63, 3.8) is 0 Å². The van der Waals surface area contributed by atoms with Crippen LogP contribution >= 0.6 is 0 Å². The molecule has 0 radical (unpaired) electrons. The summed E-state index contributed by atoms with van der Waals surface area (Å²) in [4.78, 5) is 9.76. The first-order chi connectivity index (χ1) is 4.13. The van der Waals surface area contributed by atoms with Gasteiger partial charge in [0.2, 0.25) is 0 Å². The Kier molecular flexibility index (Phi) is 10.2. The van der Waals surface area contributed by atoms with Crippen molar-refractivity contribution in [3.05, 3.63) is 0 Å².